The van der Waals surface area contributed by atoms with E-state index in [0.717, 1.165) is 19.5 Å². The smallest absolute Gasteiger partial charge is 0.233 e. The Morgan fingerprint density at radius 2 is 2.54 bits per heavy atom. The van der Waals surface area contributed by atoms with Crippen molar-refractivity contribution in [1.29, 1.82) is 0 Å². The molecule has 1 aromatic rings. The minimum absolute atomic E-state index is 0.205. The van der Waals surface area contributed by atoms with E-state index in [1.165, 1.54) is 10.4 Å². The van der Waals surface area contributed by atoms with Crippen LogP contribution in [0.2, 0.25) is 0 Å². The second kappa shape index (κ2) is 3.26. The molecule has 0 bridgehead atoms. The SMILES string of the molecule is NC(=NO)N1CCc2sccc2C1. The van der Waals surface area contributed by atoms with E-state index in [1.807, 2.05) is 4.90 Å². The Balaban J connectivity index is 2.17. The van der Waals surface area contributed by atoms with Crippen LogP contribution in [0.5, 0.6) is 0 Å². The van der Waals surface area contributed by atoms with E-state index in [0.29, 0.717) is 0 Å². The van der Waals surface area contributed by atoms with Crippen LogP contribution in [0.1, 0.15) is 10.4 Å². The van der Waals surface area contributed by atoms with Crippen LogP contribution in [0, 0.1) is 0 Å². The Kier molecular flexibility index (Phi) is 2.10. The largest absolute Gasteiger partial charge is 0.408 e. The topological polar surface area (TPSA) is 61.9 Å². The van der Waals surface area contributed by atoms with Crippen molar-refractivity contribution in [3.63, 3.8) is 0 Å². The average molecular weight is 197 g/mol. The molecule has 70 valence electrons. The fraction of sp³-hybridized carbons (Fsp3) is 0.375. The van der Waals surface area contributed by atoms with Gasteiger partial charge in [-0.2, -0.15) is 0 Å². The summed E-state index contributed by atoms with van der Waals surface area (Å²) in [5.74, 6) is 0.205. The lowest BCUT2D eigenvalue weighted by atomic mass is 10.1. The van der Waals surface area contributed by atoms with Gasteiger partial charge in [0.1, 0.15) is 0 Å². The quantitative estimate of drug-likeness (QED) is 0.280. The molecular weight excluding hydrogens is 186 g/mol. The summed E-state index contributed by atoms with van der Waals surface area (Å²) >= 11 is 1.78. The number of oxime groups is 1. The lowest BCUT2D eigenvalue weighted by molar-refractivity contribution is 0.293. The molecule has 0 amide bonds. The van der Waals surface area contributed by atoms with Crippen molar-refractivity contribution >= 4 is 17.3 Å². The van der Waals surface area contributed by atoms with Gasteiger partial charge in [0, 0.05) is 18.0 Å². The summed E-state index contributed by atoms with van der Waals surface area (Å²) in [5, 5.41) is 13.6. The summed E-state index contributed by atoms with van der Waals surface area (Å²) in [6.07, 6.45) is 0.989. The molecule has 0 aliphatic carbocycles. The van der Waals surface area contributed by atoms with Crippen LogP contribution in [-0.2, 0) is 13.0 Å². The first-order chi connectivity index (χ1) is 6.31. The molecule has 2 rings (SSSR count). The zero-order valence-corrected chi connectivity index (χ0v) is 7.92. The first kappa shape index (κ1) is 8.37. The predicted molar refractivity (Wildman–Crippen MR) is 51.8 cm³/mol. The molecule has 5 heteroatoms. The van der Waals surface area contributed by atoms with Crippen LogP contribution in [-0.4, -0.2) is 22.6 Å². The summed E-state index contributed by atoms with van der Waals surface area (Å²) in [5.41, 5.74) is 6.80. The predicted octanol–water partition coefficient (Wildman–Crippen LogP) is 0.810. The van der Waals surface area contributed by atoms with Crippen molar-refractivity contribution in [1.82, 2.24) is 4.90 Å². The molecule has 0 saturated carbocycles. The van der Waals surface area contributed by atoms with Crippen molar-refractivity contribution in [2.45, 2.75) is 13.0 Å². The Hall–Kier alpha value is -1.23. The molecule has 4 nitrogen and oxygen atoms in total. The van der Waals surface area contributed by atoms with Gasteiger partial charge < -0.3 is 15.8 Å². The Morgan fingerprint density at radius 3 is 3.31 bits per heavy atom. The molecular formula is C8H11N3OS. The molecule has 0 saturated heterocycles. The van der Waals surface area contributed by atoms with Gasteiger partial charge in [0.25, 0.3) is 0 Å². The van der Waals surface area contributed by atoms with Gasteiger partial charge in [-0.3, -0.25) is 0 Å². The zero-order chi connectivity index (χ0) is 9.26. The average Bonchev–Trinajstić information content (AvgIpc) is 2.63. The Bertz CT molecular complexity index is 334. The number of hydrogen-bond donors (Lipinski definition) is 2. The first-order valence-corrected chi connectivity index (χ1v) is 4.97. The molecule has 1 aliphatic heterocycles. The van der Waals surface area contributed by atoms with E-state index < -0.39 is 0 Å². The lowest BCUT2D eigenvalue weighted by Gasteiger charge is -2.26. The molecule has 0 spiro atoms. The van der Waals surface area contributed by atoms with E-state index in [9.17, 15) is 0 Å². The number of nitrogens with zero attached hydrogens (tertiary/aromatic N) is 2. The highest BCUT2D eigenvalue weighted by Gasteiger charge is 2.18. The van der Waals surface area contributed by atoms with Gasteiger partial charge in [-0.25, -0.2) is 0 Å². The molecule has 0 radical (unpaired) electrons. The number of guanidine groups is 1. The van der Waals surface area contributed by atoms with Gasteiger partial charge in [0.15, 0.2) is 0 Å². The molecule has 0 aromatic carbocycles. The van der Waals surface area contributed by atoms with Crippen molar-refractivity contribution < 1.29 is 5.21 Å². The fourth-order valence-electron chi connectivity index (χ4n) is 1.51. The third-order valence-corrected chi connectivity index (χ3v) is 3.26. The molecule has 0 atom stereocenters. The molecule has 0 unspecified atom stereocenters. The minimum atomic E-state index is 0.205. The highest BCUT2D eigenvalue weighted by atomic mass is 32.1. The van der Waals surface area contributed by atoms with Gasteiger partial charge in [0.2, 0.25) is 5.96 Å². The standard InChI is InChI=1S/C8H11N3OS/c9-8(10-12)11-3-1-7-6(5-11)2-4-13-7/h2,4,12H,1,3,5H2,(H2,9,10). The van der Waals surface area contributed by atoms with Crippen LogP contribution < -0.4 is 5.73 Å². The van der Waals surface area contributed by atoms with E-state index in [-0.39, 0.29) is 5.96 Å². The van der Waals surface area contributed by atoms with Crippen LogP contribution in [0.3, 0.4) is 0 Å². The molecule has 13 heavy (non-hydrogen) atoms. The number of rotatable bonds is 0. The summed E-state index contributed by atoms with van der Waals surface area (Å²) in [7, 11) is 0. The second-order valence-electron chi connectivity index (χ2n) is 3.00. The third-order valence-electron chi connectivity index (χ3n) is 2.23. The summed E-state index contributed by atoms with van der Waals surface area (Å²) in [6, 6.07) is 2.09. The van der Waals surface area contributed by atoms with Crippen molar-refractivity contribution in [3.8, 4) is 0 Å². The molecule has 3 N–H and O–H groups in total. The van der Waals surface area contributed by atoms with Gasteiger partial charge >= 0.3 is 0 Å². The summed E-state index contributed by atoms with van der Waals surface area (Å²) in [6.45, 7) is 1.60. The second-order valence-corrected chi connectivity index (χ2v) is 4.00. The maximum Gasteiger partial charge on any atom is 0.233 e. The molecule has 0 fully saturated rings. The van der Waals surface area contributed by atoms with Gasteiger partial charge in [-0.15, -0.1) is 11.3 Å². The lowest BCUT2D eigenvalue weighted by Crippen LogP contribution is -2.40. The molecule has 2 heterocycles. The normalized spacial score (nSPS) is 17.2. The van der Waals surface area contributed by atoms with Gasteiger partial charge in [-0.05, 0) is 23.4 Å². The van der Waals surface area contributed by atoms with E-state index in [4.69, 9.17) is 10.9 Å². The maximum atomic E-state index is 8.51. The van der Waals surface area contributed by atoms with E-state index in [2.05, 4.69) is 16.6 Å². The molecule has 1 aliphatic rings. The van der Waals surface area contributed by atoms with Gasteiger partial charge in [-0.1, -0.05) is 5.16 Å². The monoisotopic (exact) mass is 197 g/mol. The van der Waals surface area contributed by atoms with Crippen molar-refractivity contribution in [3.05, 3.63) is 21.9 Å². The van der Waals surface area contributed by atoms with Crippen molar-refractivity contribution in [2.24, 2.45) is 10.9 Å². The zero-order valence-electron chi connectivity index (χ0n) is 7.10. The highest BCUT2D eigenvalue weighted by Crippen LogP contribution is 2.23. The van der Waals surface area contributed by atoms with E-state index >= 15 is 0 Å². The fourth-order valence-corrected chi connectivity index (χ4v) is 2.40. The first-order valence-electron chi connectivity index (χ1n) is 4.09. The number of thiophene rings is 1. The Labute approximate surface area is 80.3 Å². The number of hydrogen-bond acceptors (Lipinski definition) is 3. The molecule has 1 aromatic heterocycles. The Morgan fingerprint density at radius 1 is 1.69 bits per heavy atom. The summed E-state index contributed by atoms with van der Waals surface area (Å²) < 4.78 is 0. The van der Waals surface area contributed by atoms with Crippen LogP contribution in [0.4, 0.5) is 0 Å². The number of fused-ring (bicyclic) bond motifs is 1. The van der Waals surface area contributed by atoms with Crippen molar-refractivity contribution in [2.75, 3.05) is 6.54 Å². The van der Waals surface area contributed by atoms with Crippen LogP contribution in [0.15, 0.2) is 16.6 Å². The third kappa shape index (κ3) is 1.47. The van der Waals surface area contributed by atoms with Gasteiger partial charge in [0.05, 0.1) is 0 Å². The van der Waals surface area contributed by atoms with E-state index in [1.54, 1.807) is 11.3 Å². The van der Waals surface area contributed by atoms with Crippen LogP contribution >= 0.6 is 11.3 Å². The highest BCUT2D eigenvalue weighted by molar-refractivity contribution is 7.10. The summed E-state index contributed by atoms with van der Waals surface area (Å²) in [4.78, 5) is 3.29. The minimum Gasteiger partial charge on any atom is -0.408 e. The van der Waals surface area contributed by atoms with Crippen LogP contribution in [0.25, 0.3) is 0 Å². The maximum absolute atomic E-state index is 8.51. The number of nitrogens with two attached hydrogens (primary N) is 1.